The Hall–Kier alpha value is -1.02. The van der Waals surface area contributed by atoms with Gasteiger partial charge in [-0.3, -0.25) is 0 Å². The highest BCUT2D eigenvalue weighted by atomic mass is 15.1. The molecular weight excluding hydrogens is 196 g/mol. The molecular formula is C14H24N2. The van der Waals surface area contributed by atoms with E-state index in [9.17, 15) is 0 Å². The minimum Gasteiger partial charge on any atom is -0.399 e. The maximum Gasteiger partial charge on any atom is 0.0347 e. The van der Waals surface area contributed by atoms with Gasteiger partial charge in [-0.1, -0.05) is 39.0 Å². The van der Waals surface area contributed by atoms with Crippen molar-refractivity contribution in [1.29, 1.82) is 0 Å². The van der Waals surface area contributed by atoms with Gasteiger partial charge in [-0.2, -0.15) is 0 Å². The molecule has 16 heavy (non-hydrogen) atoms. The molecule has 2 N–H and O–H groups in total. The van der Waals surface area contributed by atoms with Crippen LogP contribution in [0.15, 0.2) is 24.3 Å². The molecule has 0 aliphatic heterocycles. The lowest BCUT2D eigenvalue weighted by Crippen LogP contribution is -2.29. The van der Waals surface area contributed by atoms with Crippen molar-refractivity contribution in [2.45, 2.75) is 27.2 Å². The second kappa shape index (κ2) is 6.54. The van der Waals surface area contributed by atoms with Gasteiger partial charge in [0, 0.05) is 18.8 Å². The third-order valence-electron chi connectivity index (χ3n) is 2.82. The van der Waals surface area contributed by atoms with Crippen molar-refractivity contribution in [2.24, 2.45) is 5.92 Å². The number of nitrogens with two attached hydrogens (primary N) is 1. The quantitative estimate of drug-likeness (QED) is 0.747. The molecule has 0 amide bonds. The number of para-hydroxylation sites is 1. The fourth-order valence-corrected chi connectivity index (χ4v) is 1.94. The third-order valence-corrected chi connectivity index (χ3v) is 2.82. The summed E-state index contributed by atoms with van der Waals surface area (Å²) in [6.07, 6.45) is 1.05. The van der Waals surface area contributed by atoms with E-state index in [1.165, 1.54) is 12.1 Å². The van der Waals surface area contributed by atoms with E-state index in [4.69, 9.17) is 5.73 Å². The molecule has 1 aromatic carbocycles. The van der Waals surface area contributed by atoms with E-state index in [0.29, 0.717) is 0 Å². The van der Waals surface area contributed by atoms with Gasteiger partial charge in [0.2, 0.25) is 0 Å². The molecule has 2 heteroatoms. The molecule has 0 bridgehead atoms. The van der Waals surface area contributed by atoms with E-state index < -0.39 is 0 Å². The Morgan fingerprint density at radius 1 is 1.25 bits per heavy atom. The van der Waals surface area contributed by atoms with Gasteiger partial charge in [-0.15, -0.1) is 0 Å². The van der Waals surface area contributed by atoms with Crippen molar-refractivity contribution in [3.8, 4) is 0 Å². The zero-order valence-electron chi connectivity index (χ0n) is 10.7. The number of benzene rings is 1. The lowest BCUT2D eigenvalue weighted by atomic mass is 10.1. The molecule has 90 valence electrons. The molecule has 0 aliphatic rings. The Morgan fingerprint density at radius 2 is 1.94 bits per heavy atom. The lowest BCUT2D eigenvalue weighted by Gasteiger charge is -2.22. The van der Waals surface area contributed by atoms with Crippen LogP contribution in [0.5, 0.6) is 0 Å². The van der Waals surface area contributed by atoms with E-state index in [1.807, 2.05) is 12.1 Å². The SMILES string of the molecule is CCN(CCc1ccccc1N)CC(C)C. The molecule has 0 saturated heterocycles. The Labute approximate surface area is 99.5 Å². The zero-order valence-corrected chi connectivity index (χ0v) is 10.7. The van der Waals surface area contributed by atoms with Crippen molar-refractivity contribution in [1.82, 2.24) is 4.90 Å². The molecule has 0 radical (unpaired) electrons. The van der Waals surface area contributed by atoms with Crippen molar-refractivity contribution in [3.05, 3.63) is 29.8 Å². The smallest absolute Gasteiger partial charge is 0.0347 e. The van der Waals surface area contributed by atoms with Crippen LogP contribution in [-0.2, 0) is 6.42 Å². The minimum absolute atomic E-state index is 0.730. The van der Waals surface area contributed by atoms with Crippen LogP contribution in [0.25, 0.3) is 0 Å². The van der Waals surface area contributed by atoms with Gasteiger partial charge in [0.1, 0.15) is 0 Å². The predicted octanol–water partition coefficient (Wildman–Crippen LogP) is 2.79. The molecule has 0 fully saturated rings. The van der Waals surface area contributed by atoms with Crippen LogP contribution in [0, 0.1) is 5.92 Å². The molecule has 0 spiro atoms. The lowest BCUT2D eigenvalue weighted by molar-refractivity contribution is 0.259. The Bertz CT molecular complexity index is 307. The van der Waals surface area contributed by atoms with Crippen LogP contribution < -0.4 is 5.73 Å². The van der Waals surface area contributed by atoms with Crippen molar-refractivity contribution < 1.29 is 0 Å². The number of hydrogen-bond donors (Lipinski definition) is 1. The van der Waals surface area contributed by atoms with Gasteiger partial charge >= 0.3 is 0 Å². The normalized spacial score (nSPS) is 11.3. The summed E-state index contributed by atoms with van der Waals surface area (Å²) in [4.78, 5) is 2.48. The van der Waals surface area contributed by atoms with Crippen LogP contribution in [-0.4, -0.2) is 24.5 Å². The maximum atomic E-state index is 5.93. The Kier molecular flexibility index (Phi) is 5.33. The topological polar surface area (TPSA) is 29.3 Å². The first-order chi connectivity index (χ1) is 7.63. The largest absolute Gasteiger partial charge is 0.399 e. The number of anilines is 1. The van der Waals surface area contributed by atoms with E-state index >= 15 is 0 Å². The monoisotopic (exact) mass is 220 g/mol. The molecule has 0 unspecified atom stereocenters. The van der Waals surface area contributed by atoms with Crippen molar-refractivity contribution in [3.63, 3.8) is 0 Å². The molecule has 0 aromatic heterocycles. The molecule has 0 saturated carbocycles. The summed E-state index contributed by atoms with van der Waals surface area (Å²) in [5.74, 6) is 0.730. The number of nitrogen functional groups attached to an aromatic ring is 1. The zero-order chi connectivity index (χ0) is 12.0. The Balaban J connectivity index is 2.46. The summed E-state index contributed by atoms with van der Waals surface area (Å²) in [6, 6.07) is 8.15. The fraction of sp³-hybridized carbons (Fsp3) is 0.571. The van der Waals surface area contributed by atoms with Crippen LogP contribution in [0.2, 0.25) is 0 Å². The van der Waals surface area contributed by atoms with Gasteiger partial charge in [-0.25, -0.2) is 0 Å². The number of likely N-dealkylation sites (N-methyl/N-ethyl adjacent to an activating group) is 1. The van der Waals surface area contributed by atoms with Crippen molar-refractivity contribution >= 4 is 5.69 Å². The van der Waals surface area contributed by atoms with Gasteiger partial charge in [0.15, 0.2) is 0 Å². The maximum absolute atomic E-state index is 5.93. The summed E-state index contributed by atoms with van der Waals surface area (Å²) >= 11 is 0. The van der Waals surface area contributed by atoms with E-state index in [-0.39, 0.29) is 0 Å². The van der Waals surface area contributed by atoms with E-state index in [1.54, 1.807) is 0 Å². The summed E-state index contributed by atoms with van der Waals surface area (Å²) in [6.45, 7) is 10.1. The molecule has 0 atom stereocenters. The Morgan fingerprint density at radius 3 is 2.50 bits per heavy atom. The van der Waals surface area contributed by atoms with Crippen LogP contribution >= 0.6 is 0 Å². The fourth-order valence-electron chi connectivity index (χ4n) is 1.94. The van der Waals surface area contributed by atoms with Gasteiger partial charge < -0.3 is 10.6 Å². The first kappa shape index (κ1) is 13.0. The van der Waals surface area contributed by atoms with E-state index in [2.05, 4.69) is 37.8 Å². The molecule has 1 aromatic rings. The highest BCUT2D eigenvalue weighted by molar-refractivity contribution is 5.46. The summed E-state index contributed by atoms with van der Waals surface area (Å²) < 4.78 is 0. The highest BCUT2D eigenvalue weighted by Gasteiger charge is 2.06. The standard InChI is InChI=1S/C14H24N2/c1-4-16(11-12(2)3)10-9-13-7-5-6-8-14(13)15/h5-8,12H,4,9-11,15H2,1-3H3. The summed E-state index contributed by atoms with van der Waals surface area (Å²) in [5, 5.41) is 0. The number of rotatable bonds is 6. The van der Waals surface area contributed by atoms with Gasteiger partial charge in [0.05, 0.1) is 0 Å². The first-order valence-corrected chi connectivity index (χ1v) is 6.19. The number of nitrogens with zero attached hydrogens (tertiary/aromatic N) is 1. The molecule has 1 rings (SSSR count). The highest BCUT2D eigenvalue weighted by Crippen LogP contribution is 2.12. The third kappa shape index (κ3) is 4.23. The van der Waals surface area contributed by atoms with E-state index in [0.717, 1.165) is 31.1 Å². The minimum atomic E-state index is 0.730. The first-order valence-electron chi connectivity index (χ1n) is 6.19. The predicted molar refractivity (Wildman–Crippen MR) is 71.5 cm³/mol. The second-order valence-corrected chi connectivity index (χ2v) is 4.74. The van der Waals surface area contributed by atoms with Crippen LogP contribution in [0.1, 0.15) is 26.3 Å². The molecule has 0 aliphatic carbocycles. The average Bonchev–Trinajstić information content (AvgIpc) is 2.25. The molecule has 2 nitrogen and oxygen atoms in total. The van der Waals surface area contributed by atoms with Crippen molar-refractivity contribution in [2.75, 3.05) is 25.4 Å². The van der Waals surface area contributed by atoms with Gasteiger partial charge in [0.25, 0.3) is 0 Å². The summed E-state index contributed by atoms with van der Waals surface area (Å²) in [5.41, 5.74) is 8.12. The van der Waals surface area contributed by atoms with Crippen LogP contribution in [0.4, 0.5) is 5.69 Å². The van der Waals surface area contributed by atoms with Gasteiger partial charge in [-0.05, 0) is 30.5 Å². The average molecular weight is 220 g/mol. The number of hydrogen-bond acceptors (Lipinski definition) is 2. The van der Waals surface area contributed by atoms with Crippen LogP contribution in [0.3, 0.4) is 0 Å². The summed E-state index contributed by atoms with van der Waals surface area (Å²) in [7, 11) is 0. The second-order valence-electron chi connectivity index (χ2n) is 4.74. The molecule has 0 heterocycles.